The lowest BCUT2D eigenvalue weighted by atomic mass is 10.0. The molecule has 2 atom stereocenters. The molecule has 398 valence electrons. The predicted octanol–water partition coefficient (Wildman–Crippen LogP) is 17.1. The lowest BCUT2D eigenvalue weighted by Gasteiger charge is -2.24. The number of phosphoric ester groups is 1. The molecular formula is C59H105NO8P+. The second-order valence-corrected chi connectivity index (χ2v) is 21.0. The normalized spacial score (nSPS) is 14.0. The first kappa shape index (κ1) is 66.2. The molecule has 69 heavy (non-hydrogen) atoms. The average molecular weight is 987 g/mol. The highest BCUT2D eigenvalue weighted by Gasteiger charge is 2.27. The van der Waals surface area contributed by atoms with E-state index in [0.29, 0.717) is 17.4 Å². The zero-order valence-corrected chi connectivity index (χ0v) is 45.9. The quantitative estimate of drug-likeness (QED) is 0.0211. The van der Waals surface area contributed by atoms with E-state index >= 15 is 0 Å². The van der Waals surface area contributed by atoms with E-state index in [1.165, 1.54) is 103 Å². The summed E-state index contributed by atoms with van der Waals surface area (Å²) in [7, 11) is 1.46. The summed E-state index contributed by atoms with van der Waals surface area (Å²) in [4.78, 5) is 35.6. The second kappa shape index (κ2) is 50.1. The van der Waals surface area contributed by atoms with Gasteiger partial charge < -0.3 is 18.9 Å². The number of nitrogens with zero attached hydrogens (tertiary/aromatic N) is 1. The molecule has 1 N–H and O–H groups in total. The number of likely N-dealkylation sites (N-methyl/N-ethyl adjacent to an activating group) is 1. The number of rotatable bonds is 50. The number of phosphoric acid groups is 1. The zero-order chi connectivity index (χ0) is 50.6. The smallest absolute Gasteiger partial charge is 0.462 e. The van der Waals surface area contributed by atoms with Crippen molar-refractivity contribution in [2.24, 2.45) is 0 Å². The summed E-state index contributed by atoms with van der Waals surface area (Å²) in [5.74, 6) is -0.809. The van der Waals surface area contributed by atoms with E-state index in [9.17, 15) is 19.0 Å². The highest BCUT2D eigenvalue weighted by molar-refractivity contribution is 7.47. The molecule has 0 aromatic rings. The second-order valence-electron chi connectivity index (χ2n) is 19.6. The van der Waals surface area contributed by atoms with Gasteiger partial charge in [-0.05, 0) is 70.6 Å². The van der Waals surface area contributed by atoms with Crippen LogP contribution in [0.4, 0.5) is 0 Å². The van der Waals surface area contributed by atoms with E-state index in [-0.39, 0.29) is 32.0 Å². The van der Waals surface area contributed by atoms with Gasteiger partial charge in [-0.3, -0.25) is 18.6 Å². The lowest BCUT2D eigenvalue weighted by Crippen LogP contribution is -2.37. The van der Waals surface area contributed by atoms with Crippen LogP contribution >= 0.6 is 7.82 Å². The van der Waals surface area contributed by atoms with Crippen molar-refractivity contribution in [3.8, 4) is 0 Å². The third kappa shape index (κ3) is 54.4. The Hall–Kier alpha value is -2.81. The van der Waals surface area contributed by atoms with Crippen molar-refractivity contribution >= 4 is 19.8 Å². The summed E-state index contributed by atoms with van der Waals surface area (Å²) in [5, 5.41) is 0. The Morgan fingerprint density at radius 1 is 0.464 bits per heavy atom. The van der Waals surface area contributed by atoms with Gasteiger partial charge in [0, 0.05) is 12.8 Å². The number of unbranched alkanes of at least 4 members (excludes halogenated alkanes) is 22. The van der Waals surface area contributed by atoms with Crippen LogP contribution in [-0.4, -0.2) is 74.9 Å². The molecule has 9 nitrogen and oxygen atoms in total. The van der Waals surface area contributed by atoms with Crippen LogP contribution in [0.1, 0.15) is 226 Å². The van der Waals surface area contributed by atoms with Gasteiger partial charge in [0.25, 0.3) is 0 Å². The maximum absolute atomic E-state index is 12.8. The molecule has 0 radical (unpaired) electrons. The molecule has 2 unspecified atom stereocenters. The Morgan fingerprint density at radius 2 is 0.826 bits per heavy atom. The molecule has 0 aromatic carbocycles. The Bertz CT molecular complexity index is 1440. The van der Waals surface area contributed by atoms with Crippen molar-refractivity contribution in [3.05, 3.63) is 85.1 Å². The first-order chi connectivity index (χ1) is 33.5. The van der Waals surface area contributed by atoms with Crippen LogP contribution in [0.5, 0.6) is 0 Å². The predicted molar refractivity (Wildman–Crippen MR) is 293 cm³/mol. The molecule has 0 saturated carbocycles. The molecule has 0 rings (SSSR count). The number of quaternary nitrogens is 1. The molecule has 0 aliphatic rings. The molecule has 0 saturated heterocycles. The summed E-state index contributed by atoms with van der Waals surface area (Å²) in [6.45, 7) is 4.31. The molecule has 0 amide bonds. The number of ether oxygens (including phenoxy) is 2. The molecule has 0 bridgehead atoms. The lowest BCUT2D eigenvalue weighted by molar-refractivity contribution is -0.870. The largest absolute Gasteiger partial charge is 0.472 e. The Labute approximate surface area is 424 Å². The van der Waals surface area contributed by atoms with Crippen molar-refractivity contribution in [1.82, 2.24) is 0 Å². The van der Waals surface area contributed by atoms with Gasteiger partial charge in [0.15, 0.2) is 6.10 Å². The molecule has 0 spiro atoms. The fourth-order valence-corrected chi connectivity index (χ4v) is 8.15. The minimum absolute atomic E-state index is 0.0266. The van der Waals surface area contributed by atoms with Gasteiger partial charge in [0.2, 0.25) is 0 Å². The summed E-state index contributed by atoms with van der Waals surface area (Å²) in [6.07, 6.45) is 66.4. The van der Waals surface area contributed by atoms with Gasteiger partial charge in [-0.1, -0.05) is 227 Å². The fourth-order valence-electron chi connectivity index (χ4n) is 7.41. The minimum Gasteiger partial charge on any atom is -0.462 e. The van der Waals surface area contributed by atoms with Crippen LogP contribution in [0, 0.1) is 0 Å². The van der Waals surface area contributed by atoms with E-state index in [0.717, 1.165) is 89.9 Å². The van der Waals surface area contributed by atoms with Crippen molar-refractivity contribution in [3.63, 3.8) is 0 Å². The SMILES string of the molecule is CC/C=C\C/C=C\C/C=C\C/C=C\C/C=C\C/C=C\C/C=C\CCCCCCCCCC(=O)OC(COC(=O)CCCCCCCCCCCCCCCCCC)COP(=O)(O)OCC[N+](C)(C)C. The molecular weight excluding hydrogens is 882 g/mol. The van der Waals surface area contributed by atoms with Crippen LogP contribution in [0.3, 0.4) is 0 Å². The van der Waals surface area contributed by atoms with Gasteiger partial charge in [0.1, 0.15) is 19.8 Å². The van der Waals surface area contributed by atoms with Crippen LogP contribution in [0.2, 0.25) is 0 Å². The molecule has 0 aliphatic carbocycles. The Morgan fingerprint density at radius 3 is 1.23 bits per heavy atom. The first-order valence-electron chi connectivity index (χ1n) is 27.8. The van der Waals surface area contributed by atoms with Crippen molar-refractivity contribution in [2.45, 2.75) is 232 Å². The van der Waals surface area contributed by atoms with Crippen LogP contribution in [-0.2, 0) is 32.7 Å². The van der Waals surface area contributed by atoms with E-state index in [4.69, 9.17) is 18.5 Å². The van der Waals surface area contributed by atoms with Crippen LogP contribution in [0.15, 0.2) is 85.1 Å². The highest BCUT2D eigenvalue weighted by atomic mass is 31.2. The van der Waals surface area contributed by atoms with Crippen molar-refractivity contribution < 1.29 is 42.1 Å². The first-order valence-corrected chi connectivity index (χ1v) is 29.3. The maximum atomic E-state index is 12.8. The van der Waals surface area contributed by atoms with Gasteiger partial charge in [-0.2, -0.15) is 0 Å². The van der Waals surface area contributed by atoms with E-state index in [1.807, 2.05) is 21.1 Å². The maximum Gasteiger partial charge on any atom is 0.472 e. The number of hydrogen-bond donors (Lipinski definition) is 1. The van der Waals surface area contributed by atoms with Gasteiger partial charge >= 0.3 is 19.8 Å². The van der Waals surface area contributed by atoms with E-state index < -0.39 is 26.5 Å². The summed E-state index contributed by atoms with van der Waals surface area (Å²) < 4.78 is 34.5. The average Bonchev–Trinajstić information content (AvgIpc) is 3.31. The minimum atomic E-state index is -4.39. The summed E-state index contributed by atoms with van der Waals surface area (Å²) in [5.41, 5.74) is 0. The Balaban J connectivity index is 4.22. The standard InChI is InChI=1S/C59H104NO8P/c1-6-8-10-12-14-16-18-20-22-24-25-26-27-28-29-30-31-32-33-34-35-36-38-40-42-44-46-48-50-52-59(62)68-57(56-67-69(63,64)66-54-53-60(3,4)5)55-65-58(61)51-49-47-45-43-41-39-37-23-21-19-17-15-13-11-9-7-2/h8,10,14,16,20,22,25-26,28-29,31-32,34-35,57H,6-7,9,11-13,15,17-19,21,23-24,27,30,33,36-56H2,1-5H3/p+1/b10-8-,16-14-,22-20-,26-25-,29-28-,32-31-,35-34-. The van der Waals surface area contributed by atoms with E-state index in [1.54, 1.807) is 0 Å². The topological polar surface area (TPSA) is 108 Å². The monoisotopic (exact) mass is 987 g/mol. The molecule has 0 aliphatic heterocycles. The Kier molecular flexibility index (Phi) is 48.1. The summed E-state index contributed by atoms with van der Waals surface area (Å²) >= 11 is 0. The highest BCUT2D eigenvalue weighted by Crippen LogP contribution is 2.43. The van der Waals surface area contributed by atoms with Gasteiger partial charge in [-0.25, -0.2) is 4.57 Å². The number of carbonyl (C=O) groups is 2. The van der Waals surface area contributed by atoms with Crippen LogP contribution < -0.4 is 0 Å². The third-order valence-corrected chi connectivity index (χ3v) is 12.7. The number of carbonyl (C=O) groups excluding carboxylic acids is 2. The summed E-state index contributed by atoms with van der Waals surface area (Å²) in [6, 6.07) is 0. The van der Waals surface area contributed by atoms with E-state index in [2.05, 4.69) is 98.9 Å². The van der Waals surface area contributed by atoms with Gasteiger partial charge in [0.05, 0.1) is 27.7 Å². The van der Waals surface area contributed by atoms with Crippen LogP contribution in [0.25, 0.3) is 0 Å². The third-order valence-electron chi connectivity index (χ3n) is 11.7. The molecule has 0 aromatic heterocycles. The number of hydrogen-bond acceptors (Lipinski definition) is 7. The number of esters is 2. The number of allylic oxidation sites excluding steroid dienone is 14. The van der Waals surface area contributed by atoms with Gasteiger partial charge in [-0.15, -0.1) is 0 Å². The van der Waals surface area contributed by atoms with Crippen molar-refractivity contribution in [1.29, 1.82) is 0 Å². The van der Waals surface area contributed by atoms with Crippen molar-refractivity contribution in [2.75, 3.05) is 47.5 Å². The molecule has 10 heteroatoms. The molecule has 0 fully saturated rings. The fraction of sp³-hybridized carbons (Fsp3) is 0.729. The molecule has 0 heterocycles. The zero-order valence-electron chi connectivity index (χ0n) is 45.0.